The van der Waals surface area contributed by atoms with E-state index < -0.39 is 10.0 Å². The molecule has 0 heterocycles. The van der Waals surface area contributed by atoms with Crippen LogP contribution in [0.3, 0.4) is 0 Å². The Balaban J connectivity index is 1.86. The van der Waals surface area contributed by atoms with Crippen LogP contribution in [0, 0.1) is 0 Å². The van der Waals surface area contributed by atoms with Gasteiger partial charge in [-0.1, -0.05) is 17.7 Å². The van der Waals surface area contributed by atoms with Crippen LogP contribution in [0.5, 0.6) is 5.75 Å². The van der Waals surface area contributed by atoms with Gasteiger partial charge in [-0.25, -0.2) is 12.7 Å². The maximum atomic E-state index is 12.2. The van der Waals surface area contributed by atoms with Gasteiger partial charge in [-0.3, -0.25) is 4.79 Å². The van der Waals surface area contributed by atoms with E-state index in [4.69, 9.17) is 4.74 Å². The molecular formula is C19H28N2O4S. The van der Waals surface area contributed by atoms with E-state index in [2.05, 4.69) is 11.4 Å². The molecule has 0 aromatic heterocycles. The number of methoxy groups -OCH3 is 1. The van der Waals surface area contributed by atoms with Gasteiger partial charge in [0.2, 0.25) is 10.0 Å². The van der Waals surface area contributed by atoms with Gasteiger partial charge in [0.05, 0.1) is 13.4 Å². The van der Waals surface area contributed by atoms with E-state index in [9.17, 15) is 13.2 Å². The summed E-state index contributed by atoms with van der Waals surface area (Å²) in [6.07, 6.45) is 8.75. The van der Waals surface area contributed by atoms with Crippen molar-refractivity contribution in [1.29, 1.82) is 0 Å². The van der Waals surface area contributed by atoms with Crippen molar-refractivity contribution in [1.82, 2.24) is 9.62 Å². The number of hydrogen-bond donors (Lipinski definition) is 1. The average Bonchev–Trinajstić information content (AvgIpc) is 2.64. The number of hydrogen-bond acceptors (Lipinski definition) is 4. The van der Waals surface area contributed by atoms with Crippen LogP contribution in [0.4, 0.5) is 0 Å². The van der Waals surface area contributed by atoms with Crippen LogP contribution >= 0.6 is 0 Å². The standard InChI is InChI=1S/C19H28N2O4S/c1-25-18-10-6-9-17(15-18)19(22)20-12-14-21(26(2,23)24)13-11-16-7-4-3-5-8-16/h6-7,9-10,15H,3-5,8,11-14H2,1-2H3,(H,20,22). The molecule has 1 aliphatic carbocycles. The summed E-state index contributed by atoms with van der Waals surface area (Å²) in [6, 6.07) is 6.86. The van der Waals surface area contributed by atoms with Crippen LogP contribution < -0.4 is 10.1 Å². The molecule has 0 unspecified atom stereocenters. The molecule has 6 nitrogen and oxygen atoms in total. The van der Waals surface area contributed by atoms with Crippen LogP contribution in [-0.2, 0) is 10.0 Å². The molecule has 0 saturated heterocycles. The minimum Gasteiger partial charge on any atom is -0.497 e. The quantitative estimate of drug-likeness (QED) is 0.668. The van der Waals surface area contributed by atoms with E-state index >= 15 is 0 Å². The minimum atomic E-state index is -3.30. The number of carbonyl (C=O) groups is 1. The Labute approximate surface area is 156 Å². The van der Waals surface area contributed by atoms with E-state index in [1.54, 1.807) is 31.4 Å². The van der Waals surface area contributed by atoms with E-state index in [-0.39, 0.29) is 19.0 Å². The largest absolute Gasteiger partial charge is 0.497 e. The second kappa shape index (κ2) is 9.73. The smallest absolute Gasteiger partial charge is 0.251 e. The molecule has 1 aromatic carbocycles. The molecule has 1 aliphatic rings. The molecule has 0 bridgehead atoms. The summed E-state index contributed by atoms with van der Waals surface area (Å²) < 4.78 is 30.6. The van der Waals surface area contributed by atoms with Gasteiger partial charge in [-0.2, -0.15) is 0 Å². The van der Waals surface area contributed by atoms with Gasteiger partial charge in [0.15, 0.2) is 0 Å². The van der Waals surface area contributed by atoms with Crippen molar-refractivity contribution in [2.75, 3.05) is 33.0 Å². The van der Waals surface area contributed by atoms with Crippen molar-refractivity contribution in [3.05, 3.63) is 41.5 Å². The lowest BCUT2D eigenvalue weighted by Gasteiger charge is -2.22. The van der Waals surface area contributed by atoms with E-state index in [0.29, 0.717) is 17.9 Å². The minimum absolute atomic E-state index is 0.243. The number of sulfonamides is 1. The highest BCUT2D eigenvalue weighted by molar-refractivity contribution is 7.88. The zero-order valence-electron chi connectivity index (χ0n) is 15.5. The third-order valence-corrected chi connectivity index (χ3v) is 5.82. The normalized spacial score (nSPS) is 14.8. The van der Waals surface area contributed by atoms with Gasteiger partial charge >= 0.3 is 0 Å². The third-order valence-electron chi connectivity index (χ3n) is 4.52. The Kier molecular flexibility index (Phi) is 7.66. The number of amides is 1. The molecule has 2 rings (SSSR count). The van der Waals surface area contributed by atoms with Crippen molar-refractivity contribution in [3.8, 4) is 5.75 Å². The molecule has 0 radical (unpaired) electrons. The SMILES string of the molecule is COc1cccc(C(=O)NCCN(CCC2=CCCCC2)S(C)(=O)=O)c1. The highest BCUT2D eigenvalue weighted by atomic mass is 32.2. The zero-order chi connectivity index (χ0) is 19.0. The van der Waals surface area contributed by atoms with Crippen molar-refractivity contribution in [2.24, 2.45) is 0 Å². The number of benzene rings is 1. The topological polar surface area (TPSA) is 75.7 Å². The summed E-state index contributed by atoms with van der Waals surface area (Å²) in [5.74, 6) is 0.364. The van der Waals surface area contributed by atoms with Crippen molar-refractivity contribution >= 4 is 15.9 Å². The second-order valence-corrected chi connectivity index (χ2v) is 8.49. The molecule has 144 valence electrons. The molecule has 26 heavy (non-hydrogen) atoms. The summed E-state index contributed by atoms with van der Waals surface area (Å²) in [5.41, 5.74) is 1.83. The van der Waals surface area contributed by atoms with Gasteiger partial charge in [-0.05, 0) is 50.3 Å². The van der Waals surface area contributed by atoms with Gasteiger partial charge in [0, 0.05) is 25.2 Å². The van der Waals surface area contributed by atoms with E-state index in [1.807, 2.05) is 0 Å². The maximum Gasteiger partial charge on any atom is 0.251 e. The van der Waals surface area contributed by atoms with E-state index in [0.717, 1.165) is 19.3 Å². The molecule has 0 fully saturated rings. The first-order valence-corrected chi connectivity index (χ1v) is 10.8. The third kappa shape index (κ3) is 6.46. The van der Waals surface area contributed by atoms with Crippen molar-refractivity contribution in [2.45, 2.75) is 32.1 Å². The van der Waals surface area contributed by atoms with Gasteiger partial charge in [0.1, 0.15) is 5.75 Å². The number of nitrogens with zero attached hydrogens (tertiary/aromatic N) is 1. The summed E-state index contributed by atoms with van der Waals surface area (Å²) in [5, 5.41) is 2.78. The molecule has 0 aliphatic heterocycles. The predicted octanol–water partition coefficient (Wildman–Crippen LogP) is 2.58. The van der Waals surface area contributed by atoms with Crippen LogP contribution in [0.15, 0.2) is 35.9 Å². The summed E-state index contributed by atoms with van der Waals surface area (Å²) >= 11 is 0. The van der Waals surface area contributed by atoms with E-state index in [1.165, 1.54) is 29.0 Å². The van der Waals surface area contributed by atoms with Crippen molar-refractivity contribution in [3.63, 3.8) is 0 Å². The Bertz CT molecular complexity index is 744. The monoisotopic (exact) mass is 380 g/mol. The number of ether oxygens (including phenoxy) is 1. The van der Waals surface area contributed by atoms with Gasteiger partial charge in [-0.15, -0.1) is 0 Å². The molecule has 7 heteroatoms. The molecular weight excluding hydrogens is 352 g/mol. The summed E-state index contributed by atoms with van der Waals surface area (Å²) in [6.45, 7) is 0.990. The van der Waals surface area contributed by atoms with Crippen LogP contribution in [0.1, 0.15) is 42.5 Å². The summed E-state index contributed by atoms with van der Waals surface area (Å²) in [4.78, 5) is 12.2. The second-order valence-electron chi connectivity index (χ2n) is 6.51. The molecule has 0 saturated carbocycles. The van der Waals surface area contributed by atoms with Crippen LogP contribution in [0.2, 0.25) is 0 Å². The van der Waals surface area contributed by atoms with Crippen LogP contribution in [-0.4, -0.2) is 51.6 Å². The summed E-state index contributed by atoms with van der Waals surface area (Å²) in [7, 11) is -1.76. The zero-order valence-corrected chi connectivity index (χ0v) is 16.3. The Morgan fingerprint density at radius 3 is 2.73 bits per heavy atom. The van der Waals surface area contributed by atoms with Gasteiger partial charge in [0.25, 0.3) is 5.91 Å². The predicted molar refractivity (Wildman–Crippen MR) is 103 cm³/mol. The molecule has 1 aromatic rings. The first kappa shape index (κ1) is 20.5. The number of rotatable bonds is 9. The van der Waals surface area contributed by atoms with Crippen molar-refractivity contribution < 1.29 is 17.9 Å². The van der Waals surface area contributed by atoms with Crippen LogP contribution in [0.25, 0.3) is 0 Å². The lowest BCUT2D eigenvalue weighted by Crippen LogP contribution is -2.38. The fourth-order valence-electron chi connectivity index (χ4n) is 3.00. The first-order chi connectivity index (χ1) is 12.4. The number of nitrogens with one attached hydrogen (secondary N) is 1. The highest BCUT2D eigenvalue weighted by Crippen LogP contribution is 2.20. The Hall–Kier alpha value is -1.86. The molecule has 0 spiro atoms. The molecule has 1 N–H and O–H groups in total. The lowest BCUT2D eigenvalue weighted by molar-refractivity contribution is 0.0951. The first-order valence-electron chi connectivity index (χ1n) is 8.95. The fourth-order valence-corrected chi connectivity index (χ4v) is 3.85. The van der Waals surface area contributed by atoms with Gasteiger partial charge < -0.3 is 10.1 Å². The number of carbonyl (C=O) groups excluding carboxylic acids is 1. The fraction of sp³-hybridized carbons (Fsp3) is 0.526. The Morgan fingerprint density at radius 1 is 1.27 bits per heavy atom. The maximum absolute atomic E-state index is 12.2. The molecule has 1 amide bonds. The average molecular weight is 381 g/mol. The highest BCUT2D eigenvalue weighted by Gasteiger charge is 2.17. The lowest BCUT2D eigenvalue weighted by atomic mass is 9.97. The molecule has 0 atom stereocenters. The number of allylic oxidation sites excluding steroid dienone is 1. The Morgan fingerprint density at radius 2 is 2.08 bits per heavy atom.